The molecule has 0 fully saturated rings. The van der Waals surface area contributed by atoms with Crippen LogP contribution in [0.3, 0.4) is 0 Å². The molecule has 0 aromatic heterocycles. The topological polar surface area (TPSA) is 34.1 Å². The highest BCUT2D eigenvalue weighted by Gasteiger charge is 2.33. The molecule has 1 aliphatic heterocycles. The van der Waals surface area contributed by atoms with Crippen molar-refractivity contribution in [3.05, 3.63) is 35.9 Å². The molecule has 19 heavy (non-hydrogen) atoms. The number of hydrogen-bond acceptors (Lipinski definition) is 4. The molecule has 2 rings (SSSR count). The second-order valence-corrected chi connectivity index (χ2v) is 5.91. The number of alkyl halides is 3. The lowest BCUT2D eigenvalue weighted by Crippen LogP contribution is -2.31. The quantitative estimate of drug-likeness (QED) is 0.629. The van der Waals surface area contributed by atoms with Crippen LogP contribution < -0.4 is 4.74 Å². The van der Waals surface area contributed by atoms with Crippen LogP contribution in [0, 0.1) is 0 Å². The molecular weight excluding hydrogens is 311 g/mol. The van der Waals surface area contributed by atoms with E-state index >= 15 is 0 Å². The van der Waals surface area contributed by atoms with E-state index in [0.717, 1.165) is 16.4 Å². The summed E-state index contributed by atoms with van der Waals surface area (Å²) in [5.74, 6) is 0.801. The number of nitrogens with zero attached hydrogens (tertiary/aromatic N) is 2. The molecule has 0 saturated carbocycles. The fraction of sp³-hybridized carbons (Fsp3) is 0.250. The highest BCUT2D eigenvalue weighted by atomic mass is 35.6. The maximum atomic E-state index is 5.66. The van der Waals surface area contributed by atoms with Gasteiger partial charge in [0.05, 0.1) is 7.11 Å². The Kier molecular flexibility index (Phi) is 4.58. The van der Waals surface area contributed by atoms with Gasteiger partial charge >= 0.3 is 0 Å². The maximum absolute atomic E-state index is 5.66. The van der Waals surface area contributed by atoms with Gasteiger partial charge in [-0.1, -0.05) is 53.0 Å². The SMILES string of the molecule is COc1ccc(C=CC2N=CN(C(Cl)(Cl)Cl)O2)cc1. The summed E-state index contributed by atoms with van der Waals surface area (Å²) in [4.78, 5) is 9.34. The number of rotatable bonds is 3. The van der Waals surface area contributed by atoms with Gasteiger partial charge in [-0.25, -0.2) is 9.83 Å². The maximum Gasteiger partial charge on any atom is 0.291 e. The van der Waals surface area contributed by atoms with Crippen molar-refractivity contribution in [3.63, 3.8) is 0 Å². The third-order valence-corrected chi connectivity index (χ3v) is 2.86. The van der Waals surface area contributed by atoms with Crippen molar-refractivity contribution >= 4 is 47.2 Å². The Labute approximate surface area is 126 Å². The Bertz CT molecular complexity index is 483. The first kappa shape index (κ1) is 14.5. The standard InChI is InChI=1S/C12H11Cl3N2O2/c1-18-10-5-2-9(3-6-10)4-7-11-16-8-17(19-11)12(13,14)15/h2-8,11H,1H3. The molecule has 1 heterocycles. The summed E-state index contributed by atoms with van der Waals surface area (Å²) in [5.41, 5.74) is 0.993. The lowest BCUT2D eigenvalue weighted by molar-refractivity contribution is -0.105. The average Bonchev–Trinajstić information content (AvgIpc) is 2.86. The van der Waals surface area contributed by atoms with Crippen LogP contribution in [0.4, 0.5) is 0 Å². The molecule has 1 aromatic rings. The minimum atomic E-state index is -1.66. The molecule has 1 aliphatic rings. The van der Waals surface area contributed by atoms with Gasteiger partial charge in [0.15, 0.2) is 6.23 Å². The normalized spacial score (nSPS) is 19.4. The van der Waals surface area contributed by atoms with Gasteiger partial charge in [-0.3, -0.25) is 0 Å². The van der Waals surface area contributed by atoms with Crippen LogP contribution in [0.2, 0.25) is 0 Å². The van der Waals surface area contributed by atoms with E-state index in [1.807, 2.05) is 30.3 Å². The second-order valence-electron chi connectivity index (χ2n) is 3.69. The zero-order valence-electron chi connectivity index (χ0n) is 9.96. The Hall–Kier alpha value is -0.940. The van der Waals surface area contributed by atoms with Crippen LogP contribution in [0.25, 0.3) is 6.08 Å². The second kappa shape index (κ2) is 6.01. The van der Waals surface area contributed by atoms with E-state index in [2.05, 4.69) is 4.99 Å². The molecule has 4 nitrogen and oxygen atoms in total. The van der Waals surface area contributed by atoms with Crippen molar-refractivity contribution in [2.24, 2.45) is 4.99 Å². The highest BCUT2D eigenvalue weighted by molar-refractivity contribution is 6.67. The molecule has 0 spiro atoms. The number of benzene rings is 1. The van der Waals surface area contributed by atoms with Crippen molar-refractivity contribution in [2.45, 2.75) is 10.1 Å². The zero-order chi connectivity index (χ0) is 13.9. The smallest absolute Gasteiger partial charge is 0.291 e. The Morgan fingerprint density at radius 3 is 2.53 bits per heavy atom. The van der Waals surface area contributed by atoms with Crippen molar-refractivity contribution in [2.75, 3.05) is 7.11 Å². The van der Waals surface area contributed by atoms with Crippen molar-refractivity contribution < 1.29 is 9.57 Å². The molecule has 0 amide bonds. The summed E-state index contributed by atoms with van der Waals surface area (Å²) < 4.78 is 3.42. The summed E-state index contributed by atoms with van der Waals surface area (Å²) in [6.45, 7) is 0. The first-order chi connectivity index (χ1) is 8.99. The van der Waals surface area contributed by atoms with E-state index in [-0.39, 0.29) is 0 Å². The molecule has 7 heteroatoms. The van der Waals surface area contributed by atoms with E-state index in [4.69, 9.17) is 44.4 Å². The number of aliphatic imine (C=N–C) groups is 1. The van der Waals surface area contributed by atoms with Crippen molar-refractivity contribution in [3.8, 4) is 5.75 Å². The largest absolute Gasteiger partial charge is 0.497 e. The van der Waals surface area contributed by atoms with Gasteiger partial charge in [-0.2, -0.15) is 5.06 Å². The molecule has 0 bridgehead atoms. The average molecular weight is 322 g/mol. The number of hydrogen-bond donors (Lipinski definition) is 0. The predicted octanol–water partition coefficient (Wildman–Crippen LogP) is 3.64. The Morgan fingerprint density at radius 1 is 1.32 bits per heavy atom. The lowest BCUT2D eigenvalue weighted by atomic mass is 10.2. The van der Waals surface area contributed by atoms with Crippen molar-refractivity contribution in [1.29, 1.82) is 0 Å². The number of methoxy groups -OCH3 is 1. The molecule has 1 unspecified atom stereocenters. The molecule has 0 N–H and O–H groups in total. The van der Waals surface area contributed by atoms with Gasteiger partial charge in [-0.05, 0) is 23.8 Å². The molecular formula is C12H11Cl3N2O2. The van der Waals surface area contributed by atoms with E-state index in [9.17, 15) is 0 Å². The van der Waals surface area contributed by atoms with Crippen molar-refractivity contribution in [1.82, 2.24) is 5.06 Å². The third-order valence-electron chi connectivity index (χ3n) is 2.36. The predicted molar refractivity (Wildman–Crippen MR) is 77.5 cm³/mol. The summed E-state index contributed by atoms with van der Waals surface area (Å²) in [7, 11) is 1.62. The van der Waals surface area contributed by atoms with E-state index in [1.165, 1.54) is 6.34 Å². The fourth-order valence-corrected chi connectivity index (χ4v) is 1.67. The van der Waals surface area contributed by atoms with Gasteiger partial charge in [0, 0.05) is 0 Å². The first-order valence-corrected chi connectivity index (χ1v) is 6.51. The number of hydroxylamine groups is 2. The summed E-state index contributed by atoms with van der Waals surface area (Å²) >= 11 is 17.0. The highest BCUT2D eigenvalue weighted by Crippen LogP contribution is 2.32. The van der Waals surface area contributed by atoms with Gasteiger partial charge < -0.3 is 4.74 Å². The van der Waals surface area contributed by atoms with Gasteiger partial charge in [-0.15, -0.1) is 0 Å². The van der Waals surface area contributed by atoms with Crippen LogP contribution >= 0.6 is 34.8 Å². The Morgan fingerprint density at radius 2 is 2.00 bits per heavy atom. The summed E-state index contributed by atoms with van der Waals surface area (Å²) in [5, 5.41) is 1.07. The van der Waals surface area contributed by atoms with Gasteiger partial charge in [0.2, 0.25) is 0 Å². The van der Waals surface area contributed by atoms with Crippen LogP contribution in [-0.2, 0) is 4.84 Å². The number of halogens is 3. The van der Waals surface area contributed by atoms with Crippen LogP contribution in [0.1, 0.15) is 5.56 Å². The molecule has 1 aromatic carbocycles. The molecule has 0 aliphatic carbocycles. The first-order valence-electron chi connectivity index (χ1n) is 5.37. The van der Waals surface area contributed by atoms with Crippen LogP contribution in [0.15, 0.2) is 35.3 Å². The number of ether oxygens (including phenoxy) is 1. The minimum absolute atomic E-state index is 0.502. The fourth-order valence-electron chi connectivity index (χ4n) is 1.42. The minimum Gasteiger partial charge on any atom is -0.497 e. The molecule has 0 radical (unpaired) electrons. The van der Waals surface area contributed by atoms with E-state index < -0.39 is 10.1 Å². The summed E-state index contributed by atoms with van der Waals surface area (Å²) in [6, 6.07) is 7.57. The van der Waals surface area contributed by atoms with Gasteiger partial charge in [0.25, 0.3) is 3.92 Å². The molecule has 102 valence electrons. The van der Waals surface area contributed by atoms with E-state index in [1.54, 1.807) is 13.2 Å². The molecule has 0 saturated heterocycles. The van der Waals surface area contributed by atoms with Crippen LogP contribution in [0.5, 0.6) is 5.75 Å². The van der Waals surface area contributed by atoms with E-state index in [0.29, 0.717) is 0 Å². The lowest BCUT2D eigenvalue weighted by Gasteiger charge is -2.21. The zero-order valence-corrected chi connectivity index (χ0v) is 12.2. The van der Waals surface area contributed by atoms with Crippen LogP contribution in [-0.4, -0.2) is 28.7 Å². The molecule has 1 atom stereocenters. The monoisotopic (exact) mass is 320 g/mol. The Balaban J connectivity index is 1.95. The third kappa shape index (κ3) is 4.01. The van der Waals surface area contributed by atoms with Gasteiger partial charge in [0.1, 0.15) is 12.1 Å². The summed E-state index contributed by atoms with van der Waals surface area (Å²) in [6.07, 6.45) is 4.46.